The quantitative estimate of drug-likeness (QED) is 0.764. The Labute approximate surface area is 155 Å². The van der Waals surface area contributed by atoms with Crippen molar-refractivity contribution in [3.05, 3.63) is 59.7 Å². The van der Waals surface area contributed by atoms with Crippen LogP contribution in [0.15, 0.2) is 48.5 Å². The van der Waals surface area contributed by atoms with E-state index in [2.05, 4.69) is 5.32 Å². The van der Waals surface area contributed by atoms with E-state index in [1.54, 1.807) is 19.2 Å². The average molecular weight is 353 g/mol. The van der Waals surface area contributed by atoms with Gasteiger partial charge >= 0.3 is 0 Å². The minimum atomic E-state index is -0.0372. The third kappa shape index (κ3) is 5.01. The number of rotatable bonds is 6. The molecule has 0 aliphatic heterocycles. The van der Waals surface area contributed by atoms with E-state index < -0.39 is 0 Å². The molecule has 2 aromatic rings. The maximum absolute atomic E-state index is 12.6. The Morgan fingerprint density at radius 3 is 2.42 bits per heavy atom. The van der Waals surface area contributed by atoms with Crippen molar-refractivity contribution in [2.24, 2.45) is 0 Å². The first-order valence-corrected chi connectivity index (χ1v) is 9.42. The second-order valence-electron chi connectivity index (χ2n) is 6.80. The molecule has 0 unspecified atom stereocenters. The van der Waals surface area contributed by atoms with E-state index in [4.69, 9.17) is 9.47 Å². The lowest BCUT2D eigenvalue weighted by atomic mass is 10.1. The zero-order valence-corrected chi connectivity index (χ0v) is 15.4. The van der Waals surface area contributed by atoms with Gasteiger partial charge in [-0.15, -0.1) is 0 Å². The molecule has 1 saturated carbocycles. The van der Waals surface area contributed by atoms with E-state index in [0.717, 1.165) is 18.4 Å². The van der Waals surface area contributed by atoms with Crippen molar-refractivity contribution in [1.82, 2.24) is 5.32 Å². The molecule has 1 amide bonds. The van der Waals surface area contributed by atoms with Gasteiger partial charge in [0.1, 0.15) is 6.61 Å². The van der Waals surface area contributed by atoms with Gasteiger partial charge < -0.3 is 14.8 Å². The predicted octanol–water partition coefficient (Wildman–Crippen LogP) is 4.73. The number of hydrogen-bond donors (Lipinski definition) is 1. The van der Waals surface area contributed by atoms with Gasteiger partial charge in [-0.1, -0.05) is 56.0 Å². The zero-order chi connectivity index (χ0) is 18.2. The Bertz CT molecular complexity index is 707. The lowest BCUT2D eigenvalue weighted by Gasteiger charge is -2.17. The molecular formula is C22H27NO3. The summed E-state index contributed by atoms with van der Waals surface area (Å²) in [4.78, 5) is 12.6. The van der Waals surface area contributed by atoms with Crippen LogP contribution in [0.3, 0.4) is 0 Å². The first kappa shape index (κ1) is 18.3. The molecular weight excluding hydrogens is 326 g/mol. The summed E-state index contributed by atoms with van der Waals surface area (Å²) >= 11 is 0. The molecule has 0 spiro atoms. The fourth-order valence-electron chi connectivity index (χ4n) is 3.36. The highest BCUT2D eigenvalue weighted by atomic mass is 16.5. The second kappa shape index (κ2) is 9.27. The van der Waals surface area contributed by atoms with Gasteiger partial charge in [0.15, 0.2) is 11.5 Å². The third-order valence-electron chi connectivity index (χ3n) is 4.85. The maximum Gasteiger partial charge on any atom is 0.251 e. The van der Waals surface area contributed by atoms with Crippen molar-refractivity contribution < 1.29 is 14.3 Å². The van der Waals surface area contributed by atoms with Crippen molar-refractivity contribution in [3.8, 4) is 11.5 Å². The van der Waals surface area contributed by atoms with E-state index in [-0.39, 0.29) is 11.9 Å². The fraction of sp³-hybridized carbons (Fsp3) is 0.409. The van der Waals surface area contributed by atoms with E-state index in [1.807, 2.05) is 36.4 Å². The van der Waals surface area contributed by atoms with Crippen LogP contribution >= 0.6 is 0 Å². The molecule has 3 rings (SSSR count). The smallest absolute Gasteiger partial charge is 0.251 e. The Morgan fingerprint density at radius 1 is 1.00 bits per heavy atom. The van der Waals surface area contributed by atoms with Gasteiger partial charge in [-0.25, -0.2) is 0 Å². The summed E-state index contributed by atoms with van der Waals surface area (Å²) in [6, 6.07) is 15.6. The van der Waals surface area contributed by atoms with Crippen LogP contribution in [0.1, 0.15) is 54.4 Å². The van der Waals surface area contributed by atoms with Crippen molar-refractivity contribution in [3.63, 3.8) is 0 Å². The summed E-state index contributed by atoms with van der Waals surface area (Å²) in [5, 5.41) is 3.17. The van der Waals surface area contributed by atoms with Crippen molar-refractivity contribution in [2.45, 2.75) is 51.2 Å². The lowest BCUT2D eigenvalue weighted by molar-refractivity contribution is 0.0933. The molecule has 1 fully saturated rings. The van der Waals surface area contributed by atoms with Gasteiger partial charge in [0.25, 0.3) is 5.91 Å². The lowest BCUT2D eigenvalue weighted by Crippen LogP contribution is -2.34. The minimum Gasteiger partial charge on any atom is -0.493 e. The number of amides is 1. The molecule has 26 heavy (non-hydrogen) atoms. The van der Waals surface area contributed by atoms with Crippen molar-refractivity contribution >= 4 is 5.91 Å². The van der Waals surface area contributed by atoms with E-state index in [1.165, 1.54) is 25.7 Å². The summed E-state index contributed by atoms with van der Waals surface area (Å²) in [6.45, 7) is 0.463. The van der Waals surface area contributed by atoms with Crippen LogP contribution in [-0.2, 0) is 6.61 Å². The Kier molecular flexibility index (Phi) is 6.53. The normalized spacial score (nSPS) is 15.1. The number of nitrogens with one attached hydrogen (secondary N) is 1. The number of carbonyl (C=O) groups is 1. The fourth-order valence-corrected chi connectivity index (χ4v) is 3.36. The Balaban J connectivity index is 1.64. The van der Waals surface area contributed by atoms with Crippen LogP contribution in [0.5, 0.6) is 11.5 Å². The standard InChI is InChI=1S/C22H27NO3/c1-25-21-15-18(22(24)23-19-11-7-2-3-8-12-19)13-14-20(21)26-16-17-9-5-4-6-10-17/h4-6,9-10,13-15,19H,2-3,7-8,11-12,16H2,1H3,(H,23,24). The molecule has 0 atom stereocenters. The number of methoxy groups -OCH3 is 1. The summed E-state index contributed by atoms with van der Waals surface area (Å²) in [5.74, 6) is 1.18. The van der Waals surface area contributed by atoms with Crippen LogP contribution < -0.4 is 14.8 Å². The number of hydrogen-bond acceptors (Lipinski definition) is 3. The summed E-state index contributed by atoms with van der Waals surface area (Å²) in [6.07, 6.45) is 7.07. The summed E-state index contributed by atoms with van der Waals surface area (Å²) in [7, 11) is 1.59. The molecule has 4 heteroatoms. The average Bonchev–Trinajstić information content (AvgIpc) is 2.95. The molecule has 138 valence electrons. The maximum atomic E-state index is 12.6. The topological polar surface area (TPSA) is 47.6 Å². The molecule has 4 nitrogen and oxygen atoms in total. The highest BCUT2D eigenvalue weighted by Crippen LogP contribution is 2.29. The zero-order valence-electron chi connectivity index (χ0n) is 15.4. The van der Waals surface area contributed by atoms with Gasteiger partial charge in [-0.2, -0.15) is 0 Å². The molecule has 1 aliphatic rings. The Hall–Kier alpha value is -2.49. The second-order valence-corrected chi connectivity index (χ2v) is 6.80. The van der Waals surface area contributed by atoms with Crippen LogP contribution in [-0.4, -0.2) is 19.1 Å². The van der Waals surface area contributed by atoms with Gasteiger partial charge in [-0.3, -0.25) is 4.79 Å². The van der Waals surface area contributed by atoms with Gasteiger partial charge in [0, 0.05) is 11.6 Å². The third-order valence-corrected chi connectivity index (χ3v) is 4.85. The number of benzene rings is 2. The number of carbonyl (C=O) groups excluding carboxylic acids is 1. The predicted molar refractivity (Wildman–Crippen MR) is 103 cm³/mol. The van der Waals surface area contributed by atoms with Gasteiger partial charge in [0.2, 0.25) is 0 Å². The minimum absolute atomic E-state index is 0.0372. The van der Waals surface area contributed by atoms with Gasteiger partial charge in [-0.05, 0) is 36.6 Å². The van der Waals surface area contributed by atoms with Crippen LogP contribution in [0.4, 0.5) is 0 Å². The first-order valence-electron chi connectivity index (χ1n) is 9.42. The van der Waals surface area contributed by atoms with E-state index >= 15 is 0 Å². The molecule has 0 radical (unpaired) electrons. The first-order chi connectivity index (χ1) is 12.8. The monoisotopic (exact) mass is 353 g/mol. The SMILES string of the molecule is COc1cc(C(=O)NC2CCCCCC2)ccc1OCc1ccccc1. The molecule has 0 aromatic heterocycles. The summed E-state index contributed by atoms with van der Waals surface area (Å²) < 4.78 is 11.3. The van der Waals surface area contributed by atoms with Crippen LogP contribution in [0, 0.1) is 0 Å². The van der Waals surface area contributed by atoms with Gasteiger partial charge in [0.05, 0.1) is 7.11 Å². The molecule has 2 aromatic carbocycles. The molecule has 1 aliphatic carbocycles. The summed E-state index contributed by atoms with van der Waals surface area (Å²) in [5.41, 5.74) is 1.70. The van der Waals surface area contributed by atoms with Crippen LogP contribution in [0.25, 0.3) is 0 Å². The highest BCUT2D eigenvalue weighted by Gasteiger charge is 2.17. The largest absolute Gasteiger partial charge is 0.493 e. The van der Waals surface area contributed by atoms with E-state index in [9.17, 15) is 4.79 Å². The van der Waals surface area contributed by atoms with Crippen LogP contribution in [0.2, 0.25) is 0 Å². The van der Waals surface area contributed by atoms with E-state index in [0.29, 0.717) is 23.7 Å². The molecule has 1 N–H and O–H groups in total. The molecule has 0 saturated heterocycles. The van der Waals surface area contributed by atoms with Crippen molar-refractivity contribution in [1.29, 1.82) is 0 Å². The highest BCUT2D eigenvalue weighted by molar-refractivity contribution is 5.95. The molecule has 0 heterocycles. The number of ether oxygens (including phenoxy) is 2. The Morgan fingerprint density at radius 2 is 1.73 bits per heavy atom. The van der Waals surface area contributed by atoms with Crippen molar-refractivity contribution in [2.75, 3.05) is 7.11 Å². The molecule has 0 bridgehead atoms.